The third-order valence-electron chi connectivity index (χ3n) is 3.25. The summed E-state index contributed by atoms with van der Waals surface area (Å²) in [5, 5.41) is 0. The van der Waals surface area contributed by atoms with E-state index in [1.54, 1.807) is 29.2 Å². The molecule has 0 saturated heterocycles. The van der Waals surface area contributed by atoms with Crippen LogP contribution in [0.1, 0.15) is 17.1 Å². The minimum Gasteiger partial charge on any atom is -0.467 e. The minimum atomic E-state index is -4.42. The van der Waals surface area contributed by atoms with Gasteiger partial charge in [0.1, 0.15) is 17.3 Å². The Bertz CT molecular complexity index is 701. The molecule has 0 unspecified atom stereocenters. The first-order valence-electron chi connectivity index (χ1n) is 6.85. The number of anilines is 1. The molecule has 0 fully saturated rings. The fraction of sp³-hybridized carbons (Fsp3) is 0.188. The van der Waals surface area contributed by atoms with Crippen molar-refractivity contribution in [3.8, 4) is 0 Å². The molecule has 3 rings (SSSR count). The lowest BCUT2D eigenvalue weighted by molar-refractivity contribution is -0.137. The zero-order valence-corrected chi connectivity index (χ0v) is 12.0. The lowest BCUT2D eigenvalue weighted by atomic mass is 10.2. The molecule has 0 aromatic carbocycles. The molecular formula is C16H13F3N2O2. The maximum atomic E-state index is 12.9. The molecular weight excluding hydrogens is 309 g/mol. The lowest BCUT2D eigenvalue weighted by Crippen LogP contribution is -2.23. The first-order chi connectivity index (χ1) is 11.0. The Morgan fingerprint density at radius 1 is 0.957 bits per heavy atom. The molecule has 0 aliphatic rings. The van der Waals surface area contributed by atoms with Crippen LogP contribution in [0.15, 0.2) is 64.0 Å². The standard InChI is InChI=1S/C16H13F3N2O2/c17-16(18,19)12-5-6-20-15(9-12)21(10-13-3-1-7-22-13)11-14-4-2-8-23-14/h1-9H,10-11H2. The number of furan rings is 2. The van der Waals surface area contributed by atoms with E-state index in [-0.39, 0.29) is 18.9 Å². The van der Waals surface area contributed by atoms with Crippen molar-refractivity contribution in [1.29, 1.82) is 0 Å². The monoisotopic (exact) mass is 322 g/mol. The maximum Gasteiger partial charge on any atom is 0.416 e. The Morgan fingerprint density at radius 3 is 2.04 bits per heavy atom. The van der Waals surface area contributed by atoms with Gasteiger partial charge in [0.2, 0.25) is 0 Å². The predicted octanol–water partition coefficient (Wildman–Crippen LogP) is 4.49. The van der Waals surface area contributed by atoms with E-state index in [1.165, 1.54) is 12.5 Å². The van der Waals surface area contributed by atoms with Crippen molar-refractivity contribution >= 4 is 5.82 Å². The van der Waals surface area contributed by atoms with Crippen molar-refractivity contribution in [2.24, 2.45) is 0 Å². The van der Waals surface area contributed by atoms with Gasteiger partial charge >= 0.3 is 6.18 Å². The molecule has 0 atom stereocenters. The van der Waals surface area contributed by atoms with Gasteiger partial charge in [0.05, 0.1) is 31.2 Å². The Kier molecular flexibility index (Phi) is 4.10. The molecule has 0 amide bonds. The molecule has 3 aromatic heterocycles. The van der Waals surface area contributed by atoms with Crippen molar-refractivity contribution in [3.63, 3.8) is 0 Å². The lowest BCUT2D eigenvalue weighted by Gasteiger charge is -2.22. The van der Waals surface area contributed by atoms with Crippen LogP contribution in [0.25, 0.3) is 0 Å². The van der Waals surface area contributed by atoms with Gasteiger partial charge in [-0.1, -0.05) is 0 Å². The number of hydrogen-bond donors (Lipinski definition) is 0. The summed E-state index contributed by atoms with van der Waals surface area (Å²) in [6.07, 6.45) is -0.242. The van der Waals surface area contributed by atoms with Crippen molar-refractivity contribution in [1.82, 2.24) is 4.98 Å². The van der Waals surface area contributed by atoms with Gasteiger partial charge in [0, 0.05) is 6.20 Å². The SMILES string of the molecule is FC(F)(F)c1ccnc(N(Cc2ccco2)Cc2ccco2)c1. The molecule has 3 aromatic rings. The number of pyridine rings is 1. The van der Waals surface area contributed by atoms with Gasteiger partial charge in [0.25, 0.3) is 0 Å². The van der Waals surface area contributed by atoms with Crippen LogP contribution in [-0.4, -0.2) is 4.98 Å². The highest BCUT2D eigenvalue weighted by Gasteiger charge is 2.31. The highest BCUT2D eigenvalue weighted by molar-refractivity contribution is 5.42. The van der Waals surface area contributed by atoms with Crippen molar-refractivity contribution in [2.45, 2.75) is 19.3 Å². The van der Waals surface area contributed by atoms with Crippen LogP contribution in [0.3, 0.4) is 0 Å². The molecule has 0 spiro atoms. The van der Waals surface area contributed by atoms with Crippen LogP contribution in [-0.2, 0) is 19.3 Å². The second-order valence-electron chi connectivity index (χ2n) is 4.92. The van der Waals surface area contributed by atoms with Crippen LogP contribution >= 0.6 is 0 Å². The van der Waals surface area contributed by atoms with Gasteiger partial charge < -0.3 is 13.7 Å². The number of hydrogen-bond acceptors (Lipinski definition) is 4. The van der Waals surface area contributed by atoms with E-state index in [9.17, 15) is 13.2 Å². The summed E-state index contributed by atoms with van der Waals surface area (Å²) in [6, 6.07) is 8.92. The molecule has 0 N–H and O–H groups in total. The van der Waals surface area contributed by atoms with E-state index >= 15 is 0 Å². The molecule has 120 valence electrons. The Labute approximate surface area is 130 Å². The zero-order valence-electron chi connectivity index (χ0n) is 12.0. The average Bonchev–Trinajstić information content (AvgIpc) is 3.19. The second-order valence-corrected chi connectivity index (χ2v) is 4.92. The van der Waals surface area contributed by atoms with E-state index < -0.39 is 11.7 Å². The third-order valence-corrected chi connectivity index (χ3v) is 3.25. The number of nitrogens with zero attached hydrogens (tertiary/aromatic N) is 2. The van der Waals surface area contributed by atoms with Crippen LogP contribution in [0.4, 0.5) is 19.0 Å². The molecule has 0 aliphatic carbocycles. The third kappa shape index (κ3) is 3.74. The number of aromatic nitrogens is 1. The summed E-state index contributed by atoms with van der Waals surface area (Å²) < 4.78 is 49.3. The number of rotatable bonds is 5. The topological polar surface area (TPSA) is 42.4 Å². The van der Waals surface area contributed by atoms with Gasteiger partial charge in [-0.05, 0) is 36.4 Å². The number of alkyl halides is 3. The van der Waals surface area contributed by atoms with Gasteiger partial charge in [-0.25, -0.2) is 4.98 Å². The van der Waals surface area contributed by atoms with Gasteiger partial charge in [-0.15, -0.1) is 0 Å². The highest BCUT2D eigenvalue weighted by Crippen LogP contribution is 2.31. The smallest absolute Gasteiger partial charge is 0.416 e. The van der Waals surface area contributed by atoms with Crippen molar-refractivity contribution in [2.75, 3.05) is 4.90 Å². The van der Waals surface area contributed by atoms with Crippen molar-refractivity contribution < 1.29 is 22.0 Å². The average molecular weight is 322 g/mol. The Hall–Kier alpha value is -2.70. The molecule has 3 heterocycles. The second kappa shape index (κ2) is 6.20. The largest absolute Gasteiger partial charge is 0.467 e. The molecule has 0 saturated carbocycles. The summed E-state index contributed by atoms with van der Waals surface area (Å²) >= 11 is 0. The van der Waals surface area contributed by atoms with E-state index in [0.29, 0.717) is 11.5 Å². The van der Waals surface area contributed by atoms with E-state index in [1.807, 2.05) is 0 Å². The highest BCUT2D eigenvalue weighted by atomic mass is 19.4. The van der Waals surface area contributed by atoms with Gasteiger partial charge in [-0.2, -0.15) is 13.2 Å². The molecule has 0 aliphatic heterocycles. The first-order valence-corrected chi connectivity index (χ1v) is 6.85. The molecule has 23 heavy (non-hydrogen) atoms. The molecule has 0 radical (unpaired) electrons. The normalized spacial score (nSPS) is 11.6. The van der Waals surface area contributed by atoms with Crippen LogP contribution in [0.5, 0.6) is 0 Å². The minimum absolute atomic E-state index is 0.202. The molecule has 4 nitrogen and oxygen atoms in total. The quantitative estimate of drug-likeness (QED) is 0.694. The summed E-state index contributed by atoms with van der Waals surface area (Å²) in [5.41, 5.74) is -0.744. The van der Waals surface area contributed by atoms with Crippen LogP contribution in [0, 0.1) is 0 Å². The molecule has 0 bridgehead atoms. The van der Waals surface area contributed by atoms with Crippen molar-refractivity contribution in [3.05, 3.63) is 72.2 Å². The summed E-state index contributed by atoms with van der Waals surface area (Å²) in [6.45, 7) is 0.560. The van der Waals surface area contributed by atoms with Crippen LogP contribution in [0.2, 0.25) is 0 Å². The Balaban J connectivity index is 1.90. The zero-order chi connectivity index (χ0) is 16.3. The predicted molar refractivity (Wildman–Crippen MR) is 76.5 cm³/mol. The Morgan fingerprint density at radius 2 is 1.57 bits per heavy atom. The van der Waals surface area contributed by atoms with E-state index in [0.717, 1.165) is 18.3 Å². The van der Waals surface area contributed by atoms with Crippen LogP contribution < -0.4 is 4.90 Å². The van der Waals surface area contributed by atoms with Gasteiger partial charge in [-0.3, -0.25) is 0 Å². The number of halogens is 3. The first kappa shape index (κ1) is 15.2. The summed E-state index contributed by atoms with van der Waals surface area (Å²) in [7, 11) is 0. The van der Waals surface area contributed by atoms with Gasteiger partial charge in [0.15, 0.2) is 0 Å². The maximum absolute atomic E-state index is 12.9. The van der Waals surface area contributed by atoms with E-state index in [4.69, 9.17) is 8.83 Å². The fourth-order valence-corrected chi connectivity index (χ4v) is 2.17. The summed E-state index contributed by atoms with van der Waals surface area (Å²) in [5.74, 6) is 1.44. The summed E-state index contributed by atoms with van der Waals surface area (Å²) in [4.78, 5) is 5.72. The fourth-order valence-electron chi connectivity index (χ4n) is 2.17. The molecule has 7 heteroatoms. The van der Waals surface area contributed by atoms with E-state index in [2.05, 4.69) is 4.98 Å².